The fourth-order valence-electron chi connectivity index (χ4n) is 2.26. The first-order valence-electron chi connectivity index (χ1n) is 6.05. The van der Waals surface area contributed by atoms with Gasteiger partial charge in [0.05, 0.1) is 13.2 Å². The van der Waals surface area contributed by atoms with Crippen LogP contribution in [0.25, 0.3) is 10.4 Å². The second kappa shape index (κ2) is 5.85. The van der Waals surface area contributed by atoms with Crippen LogP contribution in [-0.4, -0.2) is 74.8 Å². The lowest BCUT2D eigenvalue weighted by molar-refractivity contribution is -0.173. The van der Waals surface area contributed by atoms with Crippen molar-refractivity contribution in [3.05, 3.63) is 22.7 Å². The van der Waals surface area contributed by atoms with Gasteiger partial charge in [-0.3, -0.25) is 4.79 Å². The van der Waals surface area contributed by atoms with Crippen LogP contribution in [-0.2, 0) is 9.53 Å². The molecule has 2 aliphatic rings. The van der Waals surface area contributed by atoms with Crippen LogP contribution in [0.5, 0.6) is 0 Å². The van der Waals surface area contributed by atoms with Gasteiger partial charge in [-0.15, -0.1) is 0 Å². The summed E-state index contributed by atoms with van der Waals surface area (Å²) in [5.74, 6) is -0.533. The Kier molecular flexibility index (Phi) is 4.32. The number of azide groups is 1. The predicted molar refractivity (Wildman–Crippen MR) is 65.8 cm³/mol. The van der Waals surface area contributed by atoms with Crippen LogP contribution in [0.15, 0.2) is 17.4 Å². The van der Waals surface area contributed by atoms with E-state index < -0.39 is 49.4 Å². The van der Waals surface area contributed by atoms with E-state index in [-0.39, 0.29) is 0 Å². The third-order valence-electron chi connectivity index (χ3n) is 3.43. The van der Waals surface area contributed by atoms with E-state index in [9.17, 15) is 25.2 Å². The molecule has 0 bridgehead atoms. The summed E-state index contributed by atoms with van der Waals surface area (Å²) in [6, 6.07) is 0. The third kappa shape index (κ3) is 2.65. The Labute approximate surface area is 118 Å². The molecule has 1 unspecified atom stereocenters. The highest BCUT2D eigenvalue weighted by molar-refractivity contribution is 5.88. The number of aliphatic hydroxyl groups is 4. The summed E-state index contributed by atoms with van der Waals surface area (Å²) in [4.78, 5) is 14.7. The molecule has 0 aliphatic carbocycles. The molecule has 0 aromatic heterocycles. The smallest absolute Gasteiger partial charge is 0.248 e. The molecule has 0 aromatic rings. The van der Waals surface area contributed by atoms with Crippen molar-refractivity contribution < 1.29 is 30.0 Å². The molecule has 11 nitrogen and oxygen atoms in total. The fraction of sp³-hybridized carbons (Fsp3) is 0.700. The number of nitrogens with one attached hydrogen (secondary N) is 1. The number of hydrogen-bond donors (Lipinski definition) is 5. The van der Waals surface area contributed by atoms with Gasteiger partial charge in [-0.25, -0.2) is 0 Å². The normalized spacial score (nSPS) is 39.0. The van der Waals surface area contributed by atoms with Crippen LogP contribution in [0.2, 0.25) is 0 Å². The summed E-state index contributed by atoms with van der Waals surface area (Å²) in [5, 5.41) is 44.6. The Hall–Kier alpha value is -1.88. The number of hydrogen-bond acceptors (Lipinski definition) is 8. The number of carbonyl (C=O) groups is 1. The number of carbonyl (C=O) groups excluding carboxylic acids is 1. The monoisotopic (exact) mass is 301 g/mol. The zero-order valence-corrected chi connectivity index (χ0v) is 10.8. The highest BCUT2D eigenvalue weighted by Crippen LogP contribution is 2.34. The second-order valence-corrected chi connectivity index (χ2v) is 4.70. The van der Waals surface area contributed by atoms with E-state index in [1.54, 1.807) is 0 Å². The van der Waals surface area contributed by atoms with Gasteiger partial charge in [-0.1, -0.05) is 5.11 Å². The van der Waals surface area contributed by atoms with E-state index in [0.29, 0.717) is 0 Å². The molecule has 1 amide bonds. The number of aliphatic hydroxyl groups excluding tert-OH is 4. The number of nitrogens with zero attached hydrogens (tertiary/aromatic N) is 4. The minimum Gasteiger partial charge on any atom is -0.393 e. The molecule has 0 spiro atoms. The Bertz CT molecular complexity index is 494. The van der Waals surface area contributed by atoms with Crippen molar-refractivity contribution in [3.63, 3.8) is 0 Å². The Morgan fingerprint density at radius 3 is 2.81 bits per heavy atom. The lowest BCUT2D eigenvalue weighted by Gasteiger charge is -2.36. The van der Waals surface area contributed by atoms with Crippen molar-refractivity contribution in [2.75, 3.05) is 13.2 Å². The molecule has 11 heteroatoms. The number of rotatable bonds is 4. The van der Waals surface area contributed by atoms with Gasteiger partial charge in [0.15, 0.2) is 6.23 Å². The lowest BCUT2D eigenvalue weighted by Crippen LogP contribution is -2.55. The maximum Gasteiger partial charge on any atom is 0.248 e. The standard InChI is InChI=1S/C10H15N5O6/c11-14-12-3-10(4-16)7(19)6(18)8(21-10)15-2-1-5(17)13-9(15)20/h1-2,6-9,16,18-20H,3-4H2,(H,13,17)/t6-,7+,8+,9?,10+/m0/s1. The minimum atomic E-state index is -1.69. The average molecular weight is 301 g/mol. The Morgan fingerprint density at radius 2 is 2.24 bits per heavy atom. The molecule has 1 fully saturated rings. The van der Waals surface area contributed by atoms with E-state index in [2.05, 4.69) is 15.3 Å². The van der Waals surface area contributed by atoms with Crippen molar-refractivity contribution in [3.8, 4) is 0 Å². The first-order chi connectivity index (χ1) is 9.95. The fourth-order valence-corrected chi connectivity index (χ4v) is 2.26. The second-order valence-electron chi connectivity index (χ2n) is 4.70. The van der Waals surface area contributed by atoms with E-state index in [1.807, 2.05) is 0 Å². The molecule has 2 rings (SSSR count). The van der Waals surface area contributed by atoms with Crippen LogP contribution in [0, 0.1) is 0 Å². The van der Waals surface area contributed by atoms with E-state index >= 15 is 0 Å². The van der Waals surface area contributed by atoms with Gasteiger partial charge in [0.25, 0.3) is 0 Å². The highest BCUT2D eigenvalue weighted by atomic mass is 16.6. The zero-order valence-electron chi connectivity index (χ0n) is 10.8. The lowest BCUT2D eigenvalue weighted by atomic mass is 9.96. The minimum absolute atomic E-state index is 0.408. The van der Waals surface area contributed by atoms with E-state index in [0.717, 1.165) is 11.0 Å². The van der Waals surface area contributed by atoms with Gasteiger partial charge < -0.3 is 35.4 Å². The van der Waals surface area contributed by atoms with Gasteiger partial charge in [-0.05, 0) is 5.53 Å². The summed E-state index contributed by atoms with van der Waals surface area (Å²) in [6.07, 6.45) is -3.47. The molecule has 1 saturated heterocycles. The first kappa shape index (κ1) is 15.5. The molecule has 2 aliphatic heterocycles. The van der Waals surface area contributed by atoms with Crippen LogP contribution in [0.1, 0.15) is 0 Å². The van der Waals surface area contributed by atoms with Gasteiger partial charge in [0.1, 0.15) is 17.8 Å². The number of ether oxygens (including phenoxy) is 1. The predicted octanol–water partition coefficient (Wildman–Crippen LogP) is -2.67. The summed E-state index contributed by atoms with van der Waals surface area (Å²) < 4.78 is 5.42. The molecule has 0 radical (unpaired) electrons. The average Bonchev–Trinajstić information content (AvgIpc) is 2.71. The molecule has 5 N–H and O–H groups in total. The topological polar surface area (TPSA) is 171 Å². The Morgan fingerprint density at radius 1 is 1.52 bits per heavy atom. The molecule has 2 heterocycles. The molecule has 21 heavy (non-hydrogen) atoms. The van der Waals surface area contributed by atoms with Crippen molar-refractivity contribution in [1.29, 1.82) is 0 Å². The molecular weight excluding hydrogens is 286 g/mol. The highest BCUT2D eigenvalue weighted by Gasteiger charge is 2.56. The maximum absolute atomic E-state index is 11.1. The summed E-state index contributed by atoms with van der Waals surface area (Å²) in [5.41, 5.74) is 6.65. The SMILES string of the molecule is [N-]=[N+]=NC[C@]1(CO)O[C@@H](N2C=CC(=O)NC2O)[C@@H](O)[C@H]1O. The van der Waals surface area contributed by atoms with E-state index in [4.69, 9.17) is 10.3 Å². The summed E-state index contributed by atoms with van der Waals surface area (Å²) in [6.45, 7) is -1.12. The molecule has 0 saturated carbocycles. The summed E-state index contributed by atoms with van der Waals surface area (Å²) in [7, 11) is 0. The largest absolute Gasteiger partial charge is 0.393 e. The van der Waals surface area contributed by atoms with Gasteiger partial charge >= 0.3 is 0 Å². The van der Waals surface area contributed by atoms with Gasteiger partial charge in [-0.2, -0.15) is 0 Å². The van der Waals surface area contributed by atoms with Crippen LogP contribution >= 0.6 is 0 Å². The molecule has 5 atom stereocenters. The van der Waals surface area contributed by atoms with Crippen molar-refractivity contribution in [2.24, 2.45) is 5.11 Å². The van der Waals surface area contributed by atoms with Crippen LogP contribution in [0.3, 0.4) is 0 Å². The quantitative estimate of drug-likeness (QED) is 0.214. The zero-order chi connectivity index (χ0) is 15.6. The van der Waals surface area contributed by atoms with Crippen LogP contribution < -0.4 is 5.32 Å². The Balaban J connectivity index is 2.24. The van der Waals surface area contributed by atoms with E-state index in [1.165, 1.54) is 6.20 Å². The van der Waals surface area contributed by atoms with Crippen molar-refractivity contribution in [1.82, 2.24) is 10.2 Å². The van der Waals surface area contributed by atoms with Gasteiger partial charge in [0.2, 0.25) is 12.3 Å². The third-order valence-corrected chi connectivity index (χ3v) is 3.43. The molecule has 116 valence electrons. The molecular formula is C10H15N5O6. The summed E-state index contributed by atoms with van der Waals surface area (Å²) >= 11 is 0. The maximum atomic E-state index is 11.1. The first-order valence-corrected chi connectivity index (χ1v) is 6.05. The van der Waals surface area contributed by atoms with Gasteiger partial charge in [0, 0.05) is 17.2 Å². The molecule has 0 aromatic carbocycles. The van der Waals surface area contributed by atoms with Crippen molar-refractivity contribution in [2.45, 2.75) is 30.4 Å². The van der Waals surface area contributed by atoms with Crippen molar-refractivity contribution >= 4 is 5.91 Å². The van der Waals surface area contributed by atoms with Crippen LogP contribution in [0.4, 0.5) is 0 Å². The number of amides is 1.